The molecule has 0 spiro atoms. The molecule has 0 aliphatic carbocycles. The molecule has 1 amide bonds. The summed E-state index contributed by atoms with van der Waals surface area (Å²) in [4.78, 5) is 13.5. The van der Waals surface area contributed by atoms with Crippen LogP contribution in [0.15, 0.2) is 22.8 Å². The fourth-order valence-electron chi connectivity index (χ4n) is 1.40. The maximum absolute atomic E-state index is 11.4. The Morgan fingerprint density at radius 3 is 2.94 bits per heavy atom. The van der Waals surface area contributed by atoms with E-state index in [4.69, 9.17) is 4.42 Å². The first-order valence-electron chi connectivity index (χ1n) is 5.62. The number of nitrogens with one attached hydrogen (secondary N) is 1. The summed E-state index contributed by atoms with van der Waals surface area (Å²) >= 11 is 0. The molecule has 0 aliphatic heterocycles. The van der Waals surface area contributed by atoms with Crippen molar-refractivity contribution in [1.82, 2.24) is 10.2 Å². The van der Waals surface area contributed by atoms with Gasteiger partial charge in [0.15, 0.2) is 0 Å². The number of nitrogens with zero attached hydrogens (tertiary/aromatic N) is 1. The van der Waals surface area contributed by atoms with Gasteiger partial charge in [-0.15, -0.1) is 0 Å². The van der Waals surface area contributed by atoms with Gasteiger partial charge in [-0.3, -0.25) is 4.79 Å². The van der Waals surface area contributed by atoms with E-state index in [1.807, 2.05) is 26.2 Å². The van der Waals surface area contributed by atoms with Gasteiger partial charge in [-0.25, -0.2) is 0 Å². The molecule has 0 aliphatic rings. The van der Waals surface area contributed by atoms with Crippen molar-refractivity contribution in [2.45, 2.75) is 19.3 Å². The number of aryl methyl sites for hydroxylation is 1. The van der Waals surface area contributed by atoms with Gasteiger partial charge < -0.3 is 14.6 Å². The van der Waals surface area contributed by atoms with E-state index in [2.05, 4.69) is 10.2 Å². The van der Waals surface area contributed by atoms with Crippen molar-refractivity contribution in [3.63, 3.8) is 0 Å². The van der Waals surface area contributed by atoms with Crippen molar-refractivity contribution in [2.24, 2.45) is 0 Å². The fourth-order valence-corrected chi connectivity index (χ4v) is 1.40. The van der Waals surface area contributed by atoms with E-state index < -0.39 is 0 Å². The van der Waals surface area contributed by atoms with Crippen LogP contribution in [0, 0.1) is 0 Å². The van der Waals surface area contributed by atoms with E-state index in [0.29, 0.717) is 12.8 Å². The first-order valence-corrected chi connectivity index (χ1v) is 5.62. The summed E-state index contributed by atoms with van der Waals surface area (Å²) in [5, 5.41) is 2.89. The molecular formula is C12H20N2O2. The molecule has 16 heavy (non-hydrogen) atoms. The van der Waals surface area contributed by atoms with Gasteiger partial charge in [-0.05, 0) is 39.2 Å². The van der Waals surface area contributed by atoms with E-state index in [9.17, 15) is 4.79 Å². The third-order valence-corrected chi connectivity index (χ3v) is 2.28. The smallest absolute Gasteiger partial charge is 0.220 e. The Hall–Kier alpha value is -1.29. The molecule has 0 saturated heterocycles. The van der Waals surface area contributed by atoms with Crippen LogP contribution < -0.4 is 5.32 Å². The first-order chi connectivity index (χ1) is 7.68. The highest BCUT2D eigenvalue weighted by molar-refractivity contribution is 5.75. The average Bonchev–Trinajstić information content (AvgIpc) is 2.74. The number of hydrogen-bond acceptors (Lipinski definition) is 3. The third-order valence-electron chi connectivity index (χ3n) is 2.28. The molecule has 1 rings (SSSR count). The zero-order chi connectivity index (χ0) is 11.8. The molecule has 90 valence electrons. The van der Waals surface area contributed by atoms with Crippen LogP contribution >= 0.6 is 0 Å². The summed E-state index contributed by atoms with van der Waals surface area (Å²) in [6.07, 6.45) is 3.78. The van der Waals surface area contributed by atoms with Crippen molar-refractivity contribution >= 4 is 5.91 Å². The van der Waals surface area contributed by atoms with Crippen LogP contribution in [-0.2, 0) is 11.2 Å². The van der Waals surface area contributed by atoms with Crippen LogP contribution in [0.3, 0.4) is 0 Å². The molecule has 4 nitrogen and oxygen atoms in total. The number of carbonyl (C=O) groups is 1. The largest absolute Gasteiger partial charge is 0.469 e. The normalized spacial score (nSPS) is 10.7. The molecule has 4 heteroatoms. The van der Waals surface area contributed by atoms with Crippen molar-refractivity contribution < 1.29 is 9.21 Å². The minimum Gasteiger partial charge on any atom is -0.469 e. The monoisotopic (exact) mass is 224 g/mol. The van der Waals surface area contributed by atoms with Crippen molar-refractivity contribution in [2.75, 3.05) is 27.2 Å². The topological polar surface area (TPSA) is 45.5 Å². The molecule has 1 N–H and O–H groups in total. The summed E-state index contributed by atoms with van der Waals surface area (Å²) in [6, 6.07) is 3.73. The molecule has 0 aromatic carbocycles. The van der Waals surface area contributed by atoms with Crippen molar-refractivity contribution in [3.05, 3.63) is 24.2 Å². The van der Waals surface area contributed by atoms with E-state index >= 15 is 0 Å². The van der Waals surface area contributed by atoms with Crippen molar-refractivity contribution in [3.8, 4) is 0 Å². The van der Waals surface area contributed by atoms with E-state index in [-0.39, 0.29) is 5.91 Å². The number of furan rings is 1. The van der Waals surface area contributed by atoms with E-state index in [1.165, 1.54) is 0 Å². The average molecular weight is 224 g/mol. The number of amides is 1. The van der Waals surface area contributed by atoms with Crippen LogP contribution in [-0.4, -0.2) is 38.0 Å². The minimum absolute atomic E-state index is 0.0927. The minimum atomic E-state index is 0.0927. The molecule has 0 atom stereocenters. The second-order valence-electron chi connectivity index (χ2n) is 4.09. The maximum atomic E-state index is 11.4. The molecule has 1 aromatic heterocycles. The summed E-state index contributed by atoms with van der Waals surface area (Å²) < 4.78 is 5.15. The molecule has 0 bridgehead atoms. The zero-order valence-electron chi connectivity index (χ0n) is 10.0. The van der Waals surface area contributed by atoms with Gasteiger partial charge in [0, 0.05) is 19.4 Å². The second-order valence-corrected chi connectivity index (χ2v) is 4.09. The number of carbonyl (C=O) groups excluding carboxylic acids is 1. The molecule has 0 saturated carbocycles. The van der Waals surface area contributed by atoms with Crippen LogP contribution in [0.25, 0.3) is 0 Å². The summed E-state index contributed by atoms with van der Waals surface area (Å²) in [6.45, 7) is 1.74. The third kappa shape index (κ3) is 5.56. The number of hydrogen-bond donors (Lipinski definition) is 1. The standard InChI is InChI=1S/C12H20N2O2/c1-14(2)9-4-8-13-12(15)7-6-11-5-3-10-16-11/h3,5,10H,4,6-9H2,1-2H3,(H,13,15). The lowest BCUT2D eigenvalue weighted by Crippen LogP contribution is -2.27. The molecule has 0 unspecified atom stereocenters. The van der Waals surface area contributed by atoms with E-state index in [0.717, 1.165) is 25.3 Å². The lowest BCUT2D eigenvalue weighted by atomic mass is 10.2. The van der Waals surface area contributed by atoms with Crippen LogP contribution in [0.2, 0.25) is 0 Å². The predicted octanol–water partition coefficient (Wildman–Crippen LogP) is 1.28. The van der Waals surface area contributed by atoms with Gasteiger partial charge in [0.25, 0.3) is 0 Å². The van der Waals surface area contributed by atoms with Gasteiger partial charge in [-0.2, -0.15) is 0 Å². The SMILES string of the molecule is CN(C)CCCNC(=O)CCc1ccco1. The van der Waals surface area contributed by atoms with Gasteiger partial charge in [0.1, 0.15) is 5.76 Å². The van der Waals surface area contributed by atoms with Gasteiger partial charge >= 0.3 is 0 Å². The van der Waals surface area contributed by atoms with Gasteiger partial charge in [0.2, 0.25) is 5.91 Å². The first kappa shape index (κ1) is 12.8. The molecular weight excluding hydrogens is 204 g/mol. The molecule has 0 radical (unpaired) electrons. The Balaban J connectivity index is 2.03. The highest BCUT2D eigenvalue weighted by Gasteiger charge is 2.03. The highest BCUT2D eigenvalue weighted by atomic mass is 16.3. The highest BCUT2D eigenvalue weighted by Crippen LogP contribution is 2.03. The van der Waals surface area contributed by atoms with Crippen LogP contribution in [0.5, 0.6) is 0 Å². The predicted molar refractivity (Wildman–Crippen MR) is 63.2 cm³/mol. The zero-order valence-corrected chi connectivity index (χ0v) is 10.0. The quantitative estimate of drug-likeness (QED) is 0.710. The lowest BCUT2D eigenvalue weighted by Gasteiger charge is -2.09. The van der Waals surface area contributed by atoms with E-state index in [1.54, 1.807) is 6.26 Å². The summed E-state index contributed by atoms with van der Waals surface area (Å²) in [7, 11) is 4.05. The summed E-state index contributed by atoms with van der Waals surface area (Å²) in [5.74, 6) is 0.957. The molecule has 1 aromatic rings. The fraction of sp³-hybridized carbons (Fsp3) is 0.583. The van der Waals surface area contributed by atoms with Crippen LogP contribution in [0.4, 0.5) is 0 Å². The van der Waals surface area contributed by atoms with Gasteiger partial charge in [-0.1, -0.05) is 0 Å². The number of rotatable bonds is 7. The Labute approximate surface area is 96.6 Å². The van der Waals surface area contributed by atoms with Crippen molar-refractivity contribution in [1.29, 1.82) is 0 Å². The Morgan fingerprint density at radius 1 is 1.50 bits per heavy atom. The lowest BCUT2D eigenvalue weighted by molar-refractivity contribution is -0.121. The second kappa shape index (κ2) is 7.06. The van der Waals surface area contributed by atoms with Gasteiger partial charge in [0.05, 0.1) is 6.26 Å². The maximum Gasteiger partial charge on any atom is 0.220 e. The molecule has 1 heterocycles. The Kier molecular flexibility index (Phi) is 5.64. The Bertz CT molecular complexity index is 294. The summed E-state index contributed by atoms with van der Waals surface area (Å²) in [5.41, 5.74) is 0. The van der Waals surface area contributed by atoms with Crippen LogP contribution in [0.1, 0.15) is 18.6 Å². The Morgan fingerprint density at radius 2 is 2.31 bits per heavy atom. The molecule has 0 fully saturated rings.